The van der Waals surface area contributed by atoms with E-state index in [0.717, 1.165) is 3.57 Å². The van der Waals surface area contributed by atoms with Crippen molar-refractivity contribution in [3.63, 3.8) is 0 Å². The van der Waals surface area contributed by atoms with Gasteiger partial charge in [-0.15, -0.1) is 0 Å². The molecule has 3 rings (SSSR count). The first kappa shape index (κ1) is 11.0. The average Bonchev–Trinajstić information content (AvgIpc) is 2.98. The highest BCUT2D eigenvalue weighted by atomic mass is 127. The van der Waals surface area contributed by atoms with E-state index in [0.29, 0.717) is 11.9 Å². The van der Waals surface area contributed by atoms with Crippen molar-refractivity contribution in [3.8, 4) is 11.9 Å². The molecular formula is C8H6IN9. The quantitative estimate of drug-likeness (QED) is 0.635. The fourth-order valence-corrected chi connectivity index (χ4v) is 1.68. The zero-order valence-corrected chi connectivity index (χ0v) is 11.0. The molecule has 0 bridgehead atoms. The third-order valence-corrected chi connectivity index (χ3v) is 2.57. The Labute approximate surface area is 114 Å². The van der Waals surface area contributed by atoms with E-state index in [4.69, 9.17) is 5.73 Å². The molecule has 18 heavy (non-hydrogen) atoms. The minimum Gasteiger partial charge on any atom is -0.368 e. The van der Waals surface area contributed by atoms with Crippen LogP contribution in [0.3, 0.4) is 0 Å². The molecule has 0 fully saturated rings. The number of anilines is 1. The Morgan fingerprint density at radius 3 is 2.44 bits per heavy atom. The summed E-state index contributed by atoms with van der Waals surface area (Å²) in [5, 5.41) is 8.04. The van der Waals surface area contributed by atoms with Crippen LogP contribution in [0.1, 0.15) is 0 Å². The highest BCUT2D eigenvalue weighted by Crippen LogP contribution is 2.08. The molecule has 0 unspecified atom stereocenters. The second-order valence-electron chi connectivity index (χ2n) is 3.24. The van der Waals surface area contributed by atoms with Crippen LogP contribution in [0.15, 0.2) is 25.0 Å². The fourth-order valence-electron chi connectivity index (χ4n) is 1.30. The first-order chi connectivity index (χ1) is 8.72. The molecule has 90 valence electrons. The Morgan fingerprint density at radius 2 is 1.83 bits per heavy atom. The van der Waals surface area contributed by atoms with Gasteiger partial charge in [0.25, 0.3) is 11.9 Å². The fraction of sp³-hybridized carbons (Fsp3) is 0. The lowest BCUT2D eigenvalue weighted by Gasteiger charge is -2.03. The molecule has 0 aromatic carbocycles. The smallest absolute Gasteiger partial charge is 0.258 e. The van der Waals surface area contributed by atoms with Gasteiger partial charge in [-0.2, -0.15) is 29.8 Å². The summed E-state index contributed by atoms with van der Waals surface area (Å²) in [6, 6.07) is 0. The number of nitrogen functional groups attached to an aromatic ring is 1. The SMILES string of the molecule is Nc1nc(-n2cncn2)nc(-n2cc(I)cn2)n1. The monoisotopic (exact) mass is 355 g/mol. The molecule has 10 heteroatoms. The molecule has 0 saturated heterocycles. The molecule has 0 atom stereocenters. The van der Waals surface area contributed by atoms with Crippen molar-refractivity contribution in [2.75, 3.05) is 5.73 Å². The summed E-state index contributed by atoms with van der Waals surface area (Å²) >= 11 is 2.14. The van der Waals surface area contributed by atoms with Crippen molar-refractivity contribution in [2.45, 2.75) is 0 Å². The lowest BCUT2D eigenvalue weighted by molar-refractivity contribution is 0.747. The van der Waals surface area contributed by atoms with E-state index in [9.17, 15) is 0 Å². The lowest BCUT2D eigenvalue weighted by Crippen LogP contribution is -2.11. The molecule has 0 aliphatic heterocycles. The van der Waals surface area contributed by atoms with Gasteiger partial charge in [0.15, 0.2) is 0 Å². The van der Waals surface area contributed by atoms with E-state index < -0.39 is 0 Å². The summed E-state index contributed by atoms with van der Waals surface area (Å²) in [6.07, 6.45) is 6.33. The summed E-state index contributed by atoms with van der Waals surface area (Å²) in [5.41, 5.74) is 5.64. The molecule has 0 saturated carbocycles. The molecule has 0 amide bonds. The summed E-state index contributed by atoms with van der Waals surface area (Å²) < 4.78 is 3.88. The van der Waals surface area contributed by atoms with E-state index in [-0.39, 0.29) is 5.95 Å². The van der Waals surface area contributed by atoms with E-state index in [1.165, 1.54) is 22.0 Å². The molecule has 9 nitrogen and oxygen atoms in total. The molecule has 2 N–H and O–H groups in total. The number of rotatable bonds is 2. The van der Waals surface area contributed by atoms with Crippen LogP contribution in [0, 0.1) is 3.57 Å². The second-order valence-corrected chi connectivity index (χ2v) is 4.48. The van der Waals surface area contributed by atoms with Crippen molar-refractivity contribution in [1.82, 2.24) is 39.5 Å². The van der Waals surface area contributed by atoms with Crippen LogP contribution in [0.2, 0.25) is 0 Å². The van der Waals surface area contributed by atoms with Gasteiger partial charge in [-0.3, -0.25) is 0 Å². The second kappa shape index (κ2) is 4.29. The molecule has 0 spiro atoms. The van der Waals surface area contributed by atoms with Gasteiger partial charge >= 0.3 is 0 Å². The number of hydrogen-bond acceptors (Lipinski definition) is 7. The zero-order valence-electron chi connectivity index (χ0n) is 8.84. The summed E-state index contributed by atoms with van der Waals surface area (Å²) in [5.74, 6) is 0.715. The minimum absolute atomic E-state index is 0.0935. The van der Waals surface area contributed by atoms with Crippen LogP contribution in [0.5, 0.6) is 0 Å². The van der Waals surface area contributed by atoms with Gasteiger partial charge in [-0.05, 0) is 22.6 Å². The van der Waals surface area contributed by atoms with Gasteiger partial charge in [-0.25, -0.2) is 9.67 Å². The maximum absolute atomic E-state index is 5.64. The first-order valence-electron chi connectivity index (χ1n) is 4.79. The van der Waals surface area contributed by atoms with Crippen molar-refractivity contribution in [1.29, 1.82) is 0 Å². The van der Waals surface area contributed by atoms with Crippen molar-refractivity contribution < 1.29 is 0 Å². The molecule has 3 aromatic heterocycles. The van der Waals surface area contributed by atoms with Crippen molar-refractivity contribution in [3.05, 3.63) is 28.6 Å². The Bertz CT molecular complexity index is 674. The molecule has 0 aliphatic rings. The standard InChI is InChI=1S/C8H6IN9/c9-5-1-12-17(2-5)7-14-6(10)15-8(16-7)18-4-11-3-13-18/h1-4H,(H2,10,14,15,16). The number of halogens is 1. The third kappa shape index (κ3) is 2.01. The lowest BCUT2D eigenvalue weighted by atomic mass is 10.7. The molecule has 3 aromatic rings. The Morgan fingerprint density at radius 1 is 1.06 bits per heavy atom. The molecule has 0 aliphatic carbocycles. The predicted octanol–water partition coefficient (Wildman–Crippen LogP) is -0.175. The van der Waals surface area contributed by atoms with Gasteiger partial charge < -0.3 is 5.73 Å². The van der Waals surface area contributed by atoms with Crippen LogP contribution in [-0.4, -0.2) is 39.5 Å². The van der Waals surface area contributed by atoms with E-state index in [2.05, 4.69) is 52.7 Å². The van der Waals surface area contributed by atoms with Crippen molar-refractivity contribution in [2.24, 2.45) is 0 Å². The van der Waals surface area contributed by atoms with E-state index in [1.54, 1.807) is 12.4 Å². The van der Waals surface area contributed by atoms with Gasteiger partial charge in [-0.1, -0.05) is 0 Å². The summed E-state index contributed by atoms with van der Waals surface area (Å²) in [7, 11) is 0. The maximum Gasteiger partial charge on any atom is 0.258 e. The third-order valence-electron chi connectivity index (χ3n) is 2.01. The molecule has 3 heterocycles. The number of hydrogen-bond donors (Lipinski definition) is 1. The van der Waals surface area contributed by atoms with Crippen LogP contribution < -0.4 is 5.73 Å². The minimum atomic E-state index is 0.0935. The van der Waals surface area contributed by atoms with Crippen LogP contribution in [-0.2, 0) is 0 Å². The van der Waals surface area contributed by atoms with Crippen LogP contribution >= 0.6 is 22.6 Å². The van der Waals surface area contributed by atoms with Gasteiger partial charge in [0, 0.05) is 6.20 Å². The van der Waals surface area contributed by atoms with Crippen molar-refractivity contribution >= 4 is 28.5 Å². The highest BCUT2D eigenvalue weighted by molar-refractivity contribution is 14.1. The topological polar surface area (TPSA) is 113 Å². The van der Waals surface area contributed by atoms with Crippen LogP contribution in [0.25, 0.3) is 11.9 Å². The summed E-state index contributed by atoms with van der Waals surface area (Å²) in [4.78, 5) is 16.0. The van der Waals surface area contributed by atoms with Gasteiger partial charge in [0.2, 0.25) is 5.95 Å². The highest BCUT2D eigenvalue weighted by Gasteiger charge is 2.09. The normalized spacial score (nSPS) is 10.7. The predicted molar refractivity (Wildman–Crippen MR) is 69.0 cm³/mol. The Kier molecular flexibility index (Phi) is 2.62. The summed E-state index contributed by atoms with van der Waals surface area (Å²) in [6.45, 7) is 0. The molecular weight excluding hydrogens is 349 g/mol. The Balaban J connectivity index is 2.11. The van der Waals surface area contributed by atoms with E-state index in [1.807, 2.05) is 0 Å². The average molecular weight is 355 g/mol. The van der Waals surface area contributed by atoms with E-state index >= 15 is 0 Å². The number of nitrogens with zero attached hydrogens (tertiary/aromatic N) is 8. The molecule has 0 radical (unpaired) electrons. The number of nitrogens with two attached hydrogens (primary N) is 1. The van der Waals surface area contributed by atoms with Crippen LogP contribution in [0.4, 0.5) is 5.95 Å². The first-order valence-corrected chi connectivity index (χ1v) is 5.87. The Hall–Kier alpha value is -2.11. The van der Waals surface area contributed by atoms with Gasteiger partial charge in [0.05, 0.1) is 9.77 Å². The zero-order chi connectivity index (χ0) is 12.5. The largest absolute Gasteiger partial charge is 0.368 e. The number of aromatic nitrogens is 8. The van der Waals surface area contributed by atoms with Gasteiger partial charge in [0.1, 0.15) is 12.7 Å². The maximum atomic E-state index is 5.64.